The van der Waals surface area contributed by atoms with Crippen LogP contribution < -0.4 is 5.32 Å². The summed E-state index contributed by atoms with van der Waals surface area (Å²) in [5, 5.41) is 11.3. The third-order valence-corrected chi connectivity index (χ3v) is 2.90. The molecule has 1 aromatic heterocycles. The molecular weight excluding hydrogens is 270 g/mol. The van der Waals surface area contributed by atoms with Gasteiger partial charge < -0.3 is 14.8 Å². The van der Waals surface area contributed by atoms with Gasteiger partial charge in [-0.05, 0) is 29.8 Å². The minimum atomic E-state index is -1.00. The molecule has 21 heavy (non-hydrogen) atoms. The summed E-state index contributed by atoms with van der Waals surface area (Å²) in [6.45, 7) is 1.92. The Kier molecular flexibility index (Phi) is 4.56. The molecule has 2 N–H and O–H groups in total. The van der Waals surface area contributed by atoms with Gasteiger partial charge in [-0.1, -0.05) is 19.1 Å². The molecule has 1 heterocycles. The highest BCUT2D eigenvalue weighted by Gasteiger charge is 2.13. The number of benzene rings is 1. The molecular formula is C16H15NO4. The molecule has 0 saturated carbocycles. The van der Waals surface area contributed by atoms with Crippen molar-refractivity contribution in [2.75, 3.05) is 5.32 Å². The molecule has 5 nitrogen and oxygen atoms in total. The Morgan fingerprint density at radius 3 is 2.57 bits per heavy atom. The van der Waals surface area contributed by atoms with E-state index in [-0.39, 0.29) is 5.91 Å². The van der Waals surface area contributed by atoms with Crippen LogP contribution in [0.1, 0.15) is 28.6 Å². The van der Waals surface area contributed by atoms with Gasteiger partial charge in [0.1, 0.15) is 5.76 Å². The summed E-state index contributed by atoms with van der Waals surface area (Å²) >= 11 is 0. The molecule has 0 aliphatic rings. The molecule has 0 spiro atoms. The Balaban J connectivity index is 2.06. The van der Waals surface area contributed by atoms with Crippen LogP contribution in [0.2, 0.25) is 0 Å². The fourth-order valence-corrected chi connectivity index (χ4v) is 1.86. The summed E-state index contributed by atoms with van der Waals surface area (Å²) in [6, 6.07) is 8.52. The smallest absolute Gasteiger partial charge is 0.328 e. The second-order valence-corrected chi connectivity index (χ2v) is 4.36. The van der Waals surface area contributed by atoms with Crippen LogP contribution in [-0.4, -0.2) is 17.0 Å². The fourth-order valence-electron chi connectivity index (χ4n) is 1.86. The van der Waals surface area contributed by atoms with E-state index in [0.29, 0.717) is 23.4 Å². The zero-order chi connectivity index (χ0) is 15.2. The molecule has 1 amide bonds. The molecule has 0 aliphatic carbocycles. The number of furan rings is 1. The Morgan fingerprint density at radius 1 is 1.24 bits per heavy atom. The van der Waals surface area contributed by atoms with E-state index in [4.69, 9.17) is 9.52 Å². The number of anilines is 1. The summed E-state index contributed by atoms with van der Waals surface area (Å²) in [7, 11) is 0. The van der Waals surface area contributed by atoms with Crippen LogP contribution in [0, 0.1) is 0 Å². The number of hydrogen-bond acceptors (Lipinski definition) is 3. The molecule has 0 fully saturated rings. The summed E-state index contributed by atoms with van der Waals surface area (Å²) in [6.07, 6.45) is 4.69. The summed E-state index contributed by atoms with van der Waals surface area (Å²) < 4.78 is 5.22. The quantitative estimate of drug-likeness (QED) is 0.827. The zero-order valence-electron chi connectivity index (χ0n) is 11.5. The van der Waals surface area contributed by atoms with Gasteiger partial charge >= 0.3 is 5.97 Å². The first-order valence-electron chi connectivity index (χ1n) is 6.49. The summed E-state index contributed by atoms with van der Waals surface area (Å²) in [5.74, 6) is -0.581. The molecule has 0 saturated heterocycles. The van der Waals surface area contributed by atoms with E-state index in [1.807, 2.05) is 6.92 Å². The van der Waals surface area contributed by atoms with Gasteiger partial charge in [0.2, 0.25) is 0 Å². The molecule has 0 bridgehead atoms. The monoisotopic (exact) mass is 285 g/mol. The van der Waals surface area contributed by atoms with E-state index >= 15 is 0 Å². The molecule has 2 rings (SSSR count). The van der Waals surface area contributed by atoms with Crippen molar-refractivity contribution in [3.8, 4) is 0 Å². The first kappa shape index (κ1) is 14.6. The minimum absolute atomic E-state index is 0.227. The van der Waals surface area contributed by atoms with E-state index < -0.39 is 5.97 Å². The van der Waals surface area contributed by atoms with Gasteiger partial charge in [0.05, 0.1) is 11.8 Å². The topological polar surface area (TPSA) is 79.5 Å². The number of rotatable bonds is 5. The number of aliphatic carboxylic acids is 1. The van der Waals surface area contributed by atoms with Crippen molar-refractivity contribution in [3.63, 3.8) is 0 Å². The zero-order valence-corrected chi connectivity index (χ0v) is 11.5. The maximum Gasteiger partial charge on any atom is 0.328 e. The predicted octanol–water partition coefficient (Wildman–Crippen LogP) is 3.19. The van der Waals surface area contributed by atoms with Crippen molar-refractivity contribution in [2.45, 2.75) is 13.3 Å². The summed E-state index contributed by atoms with van der Waals surface area (Å²) in [5.41, 5.74) is 1.90. The van der Waals surface area contributed by atoms with Crippen molar-refractivity contribution in [1.82, 2.24) is 0 Å². The molecule has 1 aromatic carbocycles. The standard InChI is InChI=1S/C16H15NO4/c1-2-14-13(9-10-21-14)16(20)17-12-6-3-11(4-7-12)5-8-15(18)19/h3-10H,2H2,1H3,(H,17,20)(H,18,19)/b8-5+. The van der Waals surface area contributed by atoms with Crippen molar-refractivity contribution in [2.24, 2.45) is 0 Å². The van der Waals surface area contributed by atoms with Crippen LogP contribution in [0.5, 0.6) is 0 Å². The number of aryl methyl sites for hydroxylation is 1. The highest BCUT2D eigenvalue weighted by Crippen LogP contribution is 2.15. The number of nitrogens with one attached hydrogen (secondary N) is 1. The molecule has 2 aromatic rings. The van der Waals surface area contributed by atoms with Crippen LogP contribution in [0.15, 0.2) is 47.1 Å². The predicted molar refractivity (Wildman–Crippen MR) is 79.2 cm³/mol. The van der Waals surface area contributed by atoms with Gasteiger partial charge in [-0.25, -0.2) is 4.79 Å². The van der Waals surface area contributed by atoms with Gasteiger partial charge in [0, 0.05) is 18.2 Å². The SMILES string of the molecule is CCc1occc1C(=O)Nc1ccc(/C=C/C(=O)O)cc1. The Labute approximate surface area is 121 Å². The number of amides is 1. The lowest BCUT2D eigenvalue weighted by Gasteiger charge is -2.05. The van der Waals surface area contributed by atoms with Gasteiger partial charge in [0.15, 0.2) is 0 Å². The van der Waals surface area contributed by atoms with Crippen molar-refractivity contribution in [1.29, 1.82) is 0 Å². The number of carboxylic acid groups (broad SMARTS) is 1. The van der Waals surface area contributed by atoms with Crippen molar-refractivity contribution >= 4 is 23.6 Å². The Morgan fingerprint density at radius 2 is 1.95 bits per heavy atom. The maximum absolute atomic E-state index is 12.1. The van der Waals surface area contributed by atoms with Crippen LogP contribution in [0.4, 0.5) is 5.69 Å². The lowest BCUT2D eigenvalue weighted by Crippen LogP contribution is -2.12. The minimum Gasteiger partial charge on any atom is -0.478 e. The van der Waals surface area contributed by atoms with Crippen LogP contribution in [0.3, 0.4) is 0 Å². The molecule has 0 atom stereocenters. The molecule has 108 valence electrons. The third-order valence-electron chi connectivity index (χ3n) is 2.90. The summed E-state index contributed by atoms with van der Waals surface area (Å²) in [4.78, 5) is 22.5. The third kappa shape index (κ3) is 3.82. The lowest BCUT2D eigenvalue weighted by molar-refractivity contribution is -0.131. The van der Waals surface area contributed by atoms with Gasteiger partial charge in [-0.15, -0.1) is 0 Å². The van der Waals surface area contributed by atoms with Gasteiger partial charge in [-0.2, -0.15) is 0 Å². The van der Waals surface area contributed by atoms with E-state index in [2.05, 4.69) is 5.32 Å². The Hall–Kier alpha value is -2.82. The Bertz CT molecular complexity index is 668. The number of hydrogen-bond donors (Lipinski definition) is 2. The van der Waals surface area contributed by atoms with E-state index in [1.165, 1.54) is 12.3 Å². The number of carbonyl (C=O) groups excluding carboxylic acids is 1. The molecule has 0 radical (unpaired) electrons. The lowest BCUT2D eigenvalue weighted by atomic mass is 10.1. The highest BCUT2D eigenvalue weighted by atomic mass is 16.4. The van der Waals surface area contributed by atoms with Crippen LogP contribution in [-0.2, 0) is 11.2 Å². The second kappa shape index (κ2) is 6.56. The molecule has 0 unspecified atom stereocenters. The van der Waals surface area contributed by atoms with E-state index in [9.17, 15) is 9.59 Å². The number of carbonyl (C=O) groups is 2. The largest absolute Gasteiger partial charge is 0.478 e. The first-order valence-corrected chi connectivity index (χ1v) is 6.49. The second-order valence-electron chi connectivity index (χ2n) is 4.36. The molecule has 5 heteroatoms. The van der Waals surface area contributed by atoms with Gasteiger partial charge in [0.25, 0.3) is 5.91 Å². The van der Waals surface area contributed by atoms with E-state index in [0.717, 1.165) is 11.6 Å². The van der Waals surface area contributed by atoms with Crippen molar-refractivity contribution in [3.05, 3.63) is 59.6 Å². The van der Waals surface area contributed by atoms with Crippen molar-refractivity contribution < 1.29 is 19.1 Å². The van der Waals surface area contributed by atoms with Crippen LogP contribution >= 0.6 is 0 Å². The average molecular weight is 285 g/mol. The maximum atomic E-state index is 12.1. The average Bonchev–Trinajstić information content (AvgIpc) is 2.95. The van der Waals surface area contributed by atoms with Gasteiger partial charge in [-0.3, -0.25) is 4.79 Å². The normalized spacial score (nSPS) is 10.7. The first-order chi connectivity index (χ1) is 10.1. The van der Waals surface area contributed by atoms with Crippen LogP contribution in [0.25, 0.3) is 6.08 Å². The number of carboxylic acids is 1. The highest BCUT2D eigenvalue weighted by molar-refractivity contribution is 6.05. The molecule has 0 aliphatic heterocycles. The van der Waals surface area contributed by atoms with E-state index in [1.54, 1.807) is 30.3 Å². The fraction of sp³-hybridized carbons (Fsp3) is 0.125.